The highest BCUT2D eigenvalue weighted by Gasteiger charge is 2.25. The van der Waals surface area contributed by atoms with Gasteiger partial charge in [-0.05, 0) is 64.0 Å². The van der Waals surface area contributed by atoms with Crippen molar-refractivity contribution < 1.29 is 9.15 Å². The Bertz CT molecular complexity index is 866. The van der Waals surface area contributed by atoms with Crippen LogP contribution in [0.25, 0.3) is 5.70 Å². The lowest BCUT2D eigenvalue weighted by Crippen LogP contribution is -2.19. The van der Waals surface area contributed by atoms with E-state index in [0.29, 0.717) is 10.6 Å². The molecule has 7 heteroatoms. The first-order chi connectivity index (χ1) is 11.2. The van der Waals surface area contributed by atoms with Gasteiger partial charge in [0, 0.05) is 5.70 Å². The number of fused-ring (bicyclic) bond motifs is 1. The lowest BCUT2D eigenvalue weighted by molar-refractivity contribution is 0.414. The van der Waals surface area contributed by atoms with Crippen molar-refractivity contribution in [2.45, 2.75) is 6.04 Å². The maximum Gasteiger partial charge on any atom is 0.226 e. The molecule has 0 saturated carbocycles. The molecule has 1 aromatic carbocycles. The second kappa shape index (κ2) is 5.58. The summed E-state index contributed by atoms with van der Waals surface area (Å²) in [6.45, 7) is 0. The number of methoxy groups -OCH3 is 1. The molecule has 0 spiro atoms. The van der Waals surface area contributed by atoms with E-state index in [0.717, 1.165) is 22.8 Å². The highest BCUT2D eigenvalue weighted by molar-refractivity contribution is 9.10. The smallest absolute Gasteiger partial charge is 0.226 e. The van der Waals surface area contributed by atoms with Gasteiger partial charge in [-0.25, -0.2) is 4.68 Å². The van der Waals surface area contributed by atoms with Crippen LogP contribution in [-0.2, 0) is 0 Å². The summed E-state index contributed by atoms with van der Waals surface area (Å²) in [7, 11) is 1.65. The number of rotatable bonds is 3. The van der Waals surface area contributed by atoms with Crippen LogP contribution in [0, 0.1) is 0 Å². The van der Waals surface area contributed by atoms with Crippen molar-refractivity contribution in [3.05, 3.63) is 64.8 Å². The molecule has 0 unspecified atom stereocenters. The molecule has 1 aliphatic heterocycles. The van der Waals surface area contributed by atoms with Gasteiger partial charge in [-0.15, -0.1) is 0 Å². The zero-order valence-electron chi connectivity index (χ0n) is 12.2. The molecule has 6 nitrogen and oxygen atoms in total. The van der Waals surface area contributed by atoms with E-state index in [2.05, 4.69) is 37.4 Å². The summed E-state index contributed by atoms with van der Waals surface area (Å²) in [5.74, 6) is 2.28. The number of benzene rings is 1. The average Bonchev–Trinajstić information content (AvgIpc) is 3.22. The van der Waals surface area contributed by atoms with E-state index < -0.39 is 0 Å². The molecule has 1 aliphatic rings. The minimum atomic E-state index is -0.155. The second-order valence-corrected chi connectivity index (χ2v) is 5.83. The SMILES string of the molecule is COc1ccc(C2=C[C@@H](c3ccc(Br)o3)n3ncnc3N2)cc1. The Hall–Kier alpha value is -2.54. The van der Waals surface area contributed by atoms with Crippen LogP contribution in [0.4, 0.5) is 5.95 Å². The van der Waals surface area contributed by atoms with Crippen molar-refractivity contribution in [2.24, 2.45) is 0 Å². The number of aromatic nitrogens is 3. The number of allylic oxidation sites excluding steroid dienone is 1. The van der Waals surface area contributed by atoms with Crippen molar-refractivity contribution in [3.63, 3.8) is 0 Å². The molecule has 116 valence electrons. The van der Waals surface area contributed by atoms with Gasteiger partial charge in [0.1, 0.15) is 23.9 Å². The molecule has 1 atom stereocenters. The third-order valence-corrected chi connectivity index (χ3v) is 4.12. The first-order valence-electron chi connectivity index (χ1n) is 7.02. The lowest BCUT2D eigenvalue weighted by atomic mass is 10.1. The molecule has 3 heterocycles. The number of nitrogens with zero attached hydrogens (tertiary/aromatic N) is 3. The van der Waals surface area contributed by atoms with Crippen LogP contribution in [0.3, 0.4) is 0 Å². The zero-order valence-corrected chi connectivity index (χ0v) is 13.8. The van der Waals surface area contributed by atoms with Crippen molar-refractivity contribution in [1.29, 1.82) is 0 Å². The van der Waals surface area contributed by atoms with Crippen molar-refractivity contribution >= 4 is 27.6 Å². The third-order valence-electron chi connectivity index (χ3n) is 3.69. The number of hydrogen-bond donors (Lipinski definition) is 1. The summed E-state index contributed by atoms with van der Waals surface area (Å²) in [5.41, 5.74) is 1.99. The summed E-state index contributed by atoms with van der Waals surface area (Å²) in [4.78, 5) is 4.27. The topological polar surface area (TPSA) is 65.1 Å². The maximum absolute atomic E-state index is 5.71. The van der Waals surface area contributed by atoms with Gasteiger partial charge in [-0.1, -0.05) is 0 Å². The van der Waals surface area contributed by atoms with Crippen LogP contribution in [0.1, 0.15) is 17.4 Å². The quantitative estimate of drug-likeness (QED) is 0.759. The van der Waals surface area contributed by atoms with Crippen LogP contribution >= 0.6 is 15.9 Å². The molecular formula is C16H13BrN4O2. The van der Waals surface area contributed by atoms with Crippen LogP contribution in [0.15, 0.2) is 57.9 Å². The summed E-state index contributed by atoms with van der Waals surface area (Å²) in [6.07, 6.45) is 3.59. The molecule has 2 aromatic heterocycles. The van der Waals surface area contributed by atoms with Gasteiger partial charge in [0.25, 0.3) is 0 Å². The fourth-order valence-electron chi connectivity index (χ4n) is 2.56. The Morgan fingerprint density at radius 3 is 2.74 bits per heavy atom. The van der Waals surface area contributed by atoms with Gasteiger partial charge in [0.15, 0.2) is 4.67 Å². The van der Waals surface area contributed by atoms with Gasteiger partial charge < -0.3 is 14.5 Å². The van der Waals surface area contributed by atoms with Crippen molar-refractivity contribution in [1.82, 2.24) is 14.8 Å². The monoisotopic (exact) mass is 372 g/mol. The highest BCUT2D eigenvalue weighted by atomic mass is 79.9. The molecule has 0 radical (unpaired) electrons. The Labute approximate surface area is 140 Å². The average molecular weight is 373 g/mol. The number of furan rings is 1. The minimum Gasteiger partial charge on any atom is -0.497 e. The molecule has 0 bridgehead atoms. The standard InChI is InChI=1S/C16H13BrN4O2/c1-22-11-4-2-10(3-5-11)12-8-13(14-6-7-15(17)23-14)21-16(20-12)18-9-19-21/h2-9,13H,1H3,(H,18,19,20)/t13-/m0/s1. The predicted molar refractivity (Wildman–Crippen MR) is 89.2 cm³/mol. The second-order valence-electron chi connectivity index (χ2n) is 5.05. The zero-order chi connectivity index (χ0) is 15.8. The number of halogens is 1. The molecule has 0 fully saturated rings. The van der Waals surface area contributed by atoms with Crippen LogP contribution in [0.2, 0.25) is 0 Å². The number of ether oxygens (including phenoxy) is 1. The molecule has 0 aliphatic carbocycles. The van der Waals surface area contributed by atoms with E-state index in [1.807, 2.05) is 36.4 Å². The number of nitrogens with one attached hydrogen (secondary N) is 1. The van der Waals surface area contributed by atoms with Crippen LogP contribution in [-0.4, -0.2) is 21.9 Å². The Balaban J connectivity index is 1.76. The maximum atomic E-state index is 5.71. The van der Waals surface area contributed by atoms with E-state index in [4.69, 9.17) is 9.15 Å². The van der Waals surface area contributed by atoms with Gasteiger partial charge in [-0.2, -0.15) is 10.1 Å². The van der Waals surface area contributed by atoms with Crippen molar-refractivity contribution in [2.75, 3.05) is 12.4 Å². The van der Waals surface area contributed by atoms with Crippen LogP contribution in [0.5, 0.6) is 5.75 Å². The number of anilines is 1. The van der Waals surface area contributed by atoms with E-state index in [9.17, 15) is 0 Å². The van der Waals surface area contributed by atoms with Gasteiger partial charge in [-0.3, -0.25) is 0 Å². The first kappa shape index (κ1) is 14.1. The van der Waals surface area contributed by atoms with Gasteiger partial charge in [0.05, 0.1) is 7.11 Å². The summed E-state index contributed by atoms with van der Waals surface area (Å²) in [5, 5.41) is 7.58. The molecule has 0 amide bonds. The summed E-state index contributed by atoms with van der Waals surface area (Å²) >= 11 is 3.34. The fraction of sp³-hybridized carbons (Fsp3) is 0.125. The lowest BCUT2D eigenvalue weighted by Gasteiger charge is -2.22. The third kappa shape index (κ3) is 2.53. The van der Waals surface area contributed by atoms with Crippen LogP contribution < -0.4 is 10.1 Å². The molecule has 1 N–H and O–H groups in total. The van der Waals surface area contributed by atoms with E-state index in [-0.39, 0.29) is 6.04 Å². The van der Waals surface area contributed by atoms with Gasteiger partial charge in [0.2, 0.25) is 5.95 Å². The Morgan fingerprint density at radius 1 is 1.22 bits per heavy atom. The van der Waals surface area contributed by atoms with E-state index in [1.54, 1.807) is 11.8 Å². The van der Waals surface area contributed by atoms with Gasteiger partial charge >= 0.3 is 0 Å². The predicted octanol–water partition coefficient (Wildman–Crippen LogP) is 3.70. The molecule has 4 rings (SSSR count). The minimum absolute atomic E-state index is 0.155. The Morgan fingerprint density at radius 2 is 2.04 bits per heavy atom. The molecular weight excluding hydrogens is 360 g/mol. The molecule has 0 saturated heterocycles. The highest BCUT2D eigenvalue weighted by Crippen LogP contribution is 2.33. The number of hydrogen-bond acceptors (Lipinski definition) is 5. The molecule has 3 aromatic rings. The molecule has 23 heavy (non-hydrogen) atoms. The Kier molecular flexibility index (Phi) is 3.42. The van der Waals surface area contributed by atoms with E-state index >= 15 is 0 Å². The van der Waals surface area contributed by atoms with E-state index in [1.165, 1.54) is 6.33 Å². The van der Waals surface area contributed by atoms with Crippen molar-refractivity contribution in [3.8, 4) is 5.75 Å². The first-order valence-corrected chi connectivity index (χ1v) is 7.82. The fourth-order valence-corrected chi connectivity index (χ4v) is 2.88. The normalized spacial score (nSPS) is 16.4. The summed E-state index contributed by atoms with van der Waals surface area (Å²) in [6, 6.07) is 11.5. The largest absolute Gasteiger partial charge is 0.497 e. The summed E-state index contributed by atoms with van der Waals surface area (Å²) < 4.78 is 13.4.